The summed E-state index contributed by atoms with van der Waals surface area (Å²) >= 11 is 0. The van der Waals surface area contributed by atoms with Gasteiger partial charge in [0.1, 0.15) is 0 Å². The zero-order valence-electron chi connectivity index (χ0n) is 12.5. The molecule has 0 N–H and O–H groups in total. The molecule has 0 bridgehead atoms. The van der Waals surface area contributed by atoms with E-state index >= 15 is 0 Å². The molecule has 23 heavy (non-hydrogen) atoms. The summed E-state index contributed by atoms with van der Waals surface area (Å²) in [5.74, 6) is -3.53. The smallest absolute Gasteiger partial charge is 0.380 e. The van der Waals surface area contributed by atoms with Crippen molar-refractivity contribution in [1.82, 2.24) is 0 Å². The minimum Gasteiger partial charge on any atom is -0.380 e. The second-order valence-electron chi connectivity index (χ2n) is 5.29. The zero-order chi connectivity index (χ0) is 17.3. The van der Waals surface area contributed by atoms with Gasteiger partial charge in [-0.05, 0) is 30.7 Å². The molecule has 0 fully saturated rings. The Morgan fingerprint density at radius 1 is 0.826 bits per heavy atom. The second kappa shape index (κ2) is 6.28. The lowest BCUT2D eigenvalue weighted by Gasteiger charge is -2.20. The Bertz CT molecular complexity index is 674. The second-order valence-corrected chi connectivity index (χ2v) is 5.29. The summed E-state index contributed by atoms with van der Waals surface area (Å²) in [6.45, 7) is 1.56. The van der Waals surface area contributed by atoms with Crippen molar-refractivity contribution in [3.8, 4) is 0 Å². The molecule has 0 aromatic heterocycles. The van der Waals surface area contributed by atoms with Gasteiger partial charge in [0.15, 0.2) is 0 Å². The van der Waals surface area contributed by atoms with E-state index in [2.05, 4.69) is 0 Å². The first-order valence-corrected chi connectivity index (χ1v) is 6.80. The lowest BCUT2D eigenvalue weighted by molar-refractivity contribution is -0.137. The molecule has 1 nitrogen and oxygen atoms in total. The number of methoxy groups -OCH3 is 1. The monoisotopic (exact) mass is 330 g/mol. The van der Waals surface area contributed by atoms with Crippen molar-refractivity contribution in [3.63, 3.8) is 0 Å². The number of rotatable bonds is 4. The van der Waals surface area contributed by atoms with E-state index in [-0.39, 0.29) is 17.7 Å². The molecule has 0 atom stereocenters. The van der Waals surface area contributed by atoms with Gasteiger partial charge < -0.3 is 4.74 Å². The maximum absolute atomic E-state index is 14.6. The first kappa shape index (κ1) is 17.4. The number of halogens is 5. The average molecular weight is 330 g/mol. The highest BCUT2D eigenvalue weighted by Crippen LogP contribution is 2.39. The van der Waals surface area contributed by atoms with Crippen LogP contribution in [-0.4, -0.2) is 7.11 Å². The molecule has 0 amide bonds. The van der Waals surface area contributed by atoms with E-state index in [1.807, 2.05) is 0 Å². The highest BCUT2D eigenvalue weighted by molar-refractivity contribution is 5.40. The van der Waals surface area contributed by atoms with E-state index < -0.39 is 23.2 Å². The van der Waals surface area contributed by atoms with Crippen molar-refractivity contribution in [2.45, 2.75) is 25.6 Å². The van der Waals surface area contributed by atoms with Crippen LogP contribution in [0.15, 0.2) is 42.5 Å². The van der Waals surface area contributed by atoms with Crippen LogP contribution < -0.4 is 0 Å². The number of hydrogen-bond acceptors (Lipinski definition) is 1. The van der Waals surface area contributed by atoms with Crippen LogP contribution in [0, 0.1) is 6.92 Å². The molecule has 0 spiro atoms. The van der Waals surface area contributed by atoms with Crippen molar-refractivity contribution in [2.24, 2.45) is 0 Å². The lowest BCUT2D eigenvalue weighted by atomic mass is 9.95. The Balaban J connectivity index is 2.55. The molecule has 0 heterocycles. The zero-order valence-corrected chi connectivity index (χ0v) is 12.5. The van der Waals surface area contributed by atoms with Crippen LogP contribution in [0.1, 0.15) is 27.8 Å². The van der Waals surface area contributed by atoms with Gasteiger partial charge in [-0.2, -0.15) is 22.0 Å². The molecule has 0 saturated carbocycles. The summed E-state index contributed by atoms with van der Waals surface area (Å²) in [5.41, 5.74) is -1.35. The summed E-state index contributed by atoms with van der Waals surface area (Å²) in [6, 6.07) is 7.76. The van der Waals surface area contributed by atoms with Crippen LogP contribution in [0.2, 0.25) is 0 Å². The van der Waals surface area contributed by atoms with Crippen molar-refractivity contribution >= 4 is 0 Å². The molecule has 0 aliphatic carbocycles. The van der Waals surface area contributed by atoms with Gasteiger partial charge >= 0.3 is 6.18 Å². The summed E-state index contributed by atoms with van der Waals surface area (Å²) in [5, 5.41) is 0. The van der Waals surface area contributed by atoms with E-state index in [0.29, 0.717) is 6.07 Å². The first-order valence-electron chi connectivity index (χ1n) is 6.80. The predicted octanol–water partition coefficient (Wildman–Crippen LogP) is 5.30. The highest BCUT2D eigenvalue weighted by Gasteiger charge is 2.38. The van der Waals surface area contributed by atoms with E-state index in [0.717, 1.165) is 17.7 Å². The normalized spacial score (nSPS) is 12.5. The number of benzene rings is 2. The Hall–Kier alpha value is -1.95. The van der Waals surface area contributed by atoms with Crippen molar-refractivity contribution in [3.05, 3.63) is 70.3 Å². The summed E-state index contributed by atoms with van der Waals surface area (Å²) in [4.78, 5) is 0. The number of ether oxygens (including phenoxy) is 1. The van der Waals surface area contributed by atoms with Gasteiger partial charge in [-0.1, -0.05) is 29.8 Å². The average Bonchev–Trinajstić information content (AvgIpc) is 2.47. The first-order chi connectivity index (χ1) is 10.6. The molecule has 0 saturated heterocycles. The molecule has 2 rings (SSSR count). The van der Waals surface area contributed by atoms with Crippen LogP contribution in [0.5, 0.6) is 0 Å². The lowest BCUT2D eigenvalue weighted by Crippen LogP contribution is -2.18. The molecule has 6 heteroatoms. The van der Waals surface area contributed by atoms with Crippen molar-refractivity contribution < 1.29 is 26.7 Å². The van der Waals surface area contributed by atoms with E-state index in [4.69, 9.17) is 4.74 Å². The van der Waals surface area contributed by atoms with Crippen LogP contribution in [0.4, 0.5) is 22.0 Å². The van der Waals surface area contributed by atoms with Crippen molar-refractivity contribution in [2.75, 3.05) is 7.11 Å². The maximum Gasteiger partial charge on any atom is 0.416 e. The van der Waals surface area contributed by atoms with Crippen molar-refractivity contribution in [1.29, 1.82) is 0 Å². The van der Waals surface area contributed by atoms with E-state index in [1.54, 1.807) is 6.92 Å². The van der Waals surface area contributed by atoms with E-state index in [1.165, 1.54) is 31.4 Å². The molecule has 0 aliphatic rings. The fraction of sp³-hybridized carbons (Fsp3) is 0.294. The Kier molecular flexibility index (Phi) is 4.75. The fourth-order valence-corrected chi connectivity index (χ4v) is 2.22. The predicted molar refractivity (Wildman–Crippen MR) is 76.3 cm³/mol. The molecule has 0 unspecified atom stereocenters. The van der Waals surface area contributed by atoms with E-state index in [9.17, 15) is 22.0 Å². The molecule has 2 aromatic carbocycles. The SMILES string of the molecule is COCc1cc(C(F)(F)F)cc(C(F)(F)c2ccc(C)cc2)c1. The molecule has 0 aliphatic heterocycles. The topological polar surface area (TPSA) is 9.23 Å². The molecular formula is C17H15F5O. The van der Waals surface area contributed by atoms with Crippen LogP contribution in [-0.2, 0) is 23.4 Å². The minimum absolute atomic E-state index is 0.0455. The van der Waals surface area contributed by atoms with Crippen LogP contribution >= 0.6 is 0 Å². The number of alkyl halides is 5. The molecular weight excluding hydrogens is 315 g/mol. The summed E-state index contributed by atoms with van der Waals surface area (Å²) < 4.78 is 72.8. The Labute approximate surface area is 130 Å². The van der Waals surface area contributed by atoms with Gasteiger partial charge in [-0.15, -0.1) is 0 Å². The minimum atomic E-state index is -4.71. The summed E-state index contributed by atoms with van der Waals surface area (Å²) in [7, 11) is 1.29. The molecule has 0 radical (unpaired) electrons. The third-order valence-corrected chi connectivity index (χ3v) is 3.41. The standard InChI is InChI=1S/C17H15F5O/c1-11-3-5-13(6-4-11)16(18,19)14-7-12(10-23-2)8-15(9-14)17(20,21)22/h3-9H,10H2,1-2H3. The third kappa shape index (κ3) is 3.88. The third-order valence-electron chi connectivity index (χ3n) is 3.41. The van der Waals surface area contributed by atoms with Gasteiger partial charge in [-0.25, -0.2) is 0 Å². The quantitative estimate of drug-likeness (QED) is 0.691. The largest absolute Gasteiger partial charge is 0.416 e. The maximum atomic E-state index is 14.6. The molecule has 2 aromatic rings. The fourth-order valence-electron chi connectivity index (χ4n) is 2.22. The molecule has 124 valence electrons. The van der Waals surface area contributed by atoms with Crippen LogP contribution in [0.3, 0.4) is 0 Å². The highest BCUT2D eigenvalue weighted by atomic mass is 19.4. The van der Waals surface area contributed by atoms with Crippen LogP contribution in [0.25, 0.3) is 0 Å². The van der Waals surface area contributed by atoms with Gasteiger partial charge in [0.2, 0.25) is 0 Å². The Morgan fingerprint density at radius 3 is 1.91 bits per heavy atom. The van der Waals surface area contributed by atoms with Gasteiger partial charge in [0, 0.05) is 18.2 Å². The Morgan fingerprint density at radius 2 is 1.39 bits per heavy atom. The van der Waals surface area contributed by atoms with Gasteiger partial charge in [0.25, 0.3) is 5.92 Å². The number of aryl methyl sites for hydroxylation is 1. The summed E-state index contributed by atoms with van der Waals surface area (Å²) in [6.07, 6.45) is -4.71. The van der Waals surface area contributed by atoms with Gasteiger partial charge in [0.05, 0.1) is 12.2 Å². The van der Waals surface area contributed by atoms with Gasteiger partial charge in [-0.3, -0.25) is 0 Å². The number of hydrogen-bond donors (Lipinski definition) is 0.